The molecule has 1 aliphatic rings. The van der Waals surface area contributed by atoms with Crippen LogP contribution in [0.4, 0.5) is 0 Å². The van der Waals surface area contributed by atoms with Gasteiger partial charge in [-0.05, 0) is 67.3 Å². The molecule has 2 aromatic carbocycles. The van der Waals surface area contributed by atoms with E-state index in [1.807, 2.05) is 12.1 Å². The fourth-order valence-electron chi connectivity index (χ4n) is 3.94. The fourth-order valence-corrected chi connectivity index (χ4v) is 4.83. The van der Waals surface area contributed by atoms with Gasteiger partial charge >= 0.3 is 0 Å². The first kappa shape index (κ1) is 22.6. The first-order chi connectivity index (χ1) is 14.2. The molecule has 0 saturated carbocycles. The van der Waals surface area contributed by atoms with E-state index in [2.05, 4.69) is 24.8 Å². The summed E-state index contributed by atoms with van der Waals surface area (Å²) in [6, 6.07) is 14.6. The van der Waals surface area contributed by atoms with Crippen LogP contribution >= 0.6 is 11.6 Å². The largest absolute Gasteiger partial charge is 0.493 e. The smallest absolute Gasteiger partial charge is 0.175 e. The zero-order valence-corrected chi connectivity index (χ0v) is 19.1. The molecule has 2 aromatic rings. The van der Waals surface area contributed by atoms with E-state index >= 15 is 0 Å². The number of nitriles is 1. The van der Waals surface area contributed by atoms with Crippen LogP contribution in [0, 0.1) is 23.2 Å². The Bertz CT molecular complexity index is 1030. The van der Waals surface area contributed by atoms with E-state index in [9.17, 15) is 8.42 Å². The molecule has 0 aromatic heterocycles. The molecule has 0 radical (unpaired) electrons. The molecule has 0 bridgehead atoms. The lowest BCUT2D eigenvalue weighted by atomic mass is 9.99. The average molecular weight is 447 g/mol. The Balaban J connectivity index is 1.56. The summed E-state index contributed by atoms with van der Waals surface area (Å²) in [7, 11) is -3.20. The van der Waals surface area contributed by atoms with Crippen LogP contribution in [0.3, 0.4) is 0 Å². The van der Waals surface area contributed by atoms with Crippen molar-refractivity contribution in [2.75, 3.05) is 26.0 Å². The highest BCUT2D eigenvalue weighted by Crippen LogP contribution is 2.27. The minimum atomic E-state index is -3.20. The highest BCUT2D eigenvalue weighted by Gasteiger charge is 2.32. The second-order valence-corrected chi connectivity index (χ2v) is 10.7. The molecular weight excluding hydrogens is 420 g/mol. The van der Waals surface area contributed by atoms with E-state index in [1.54, 1.807) is 30.3 Å². The first-order valence-electron chi connectivity index (χ1n) is 10.0. The number of rotatable bonds is 7. The number of ether oxygens (including phenoxy) is 1. The van der Waals surface area contributed by atoms with Gasteiger partial charge in [-0.3, -0.25) is 4.90 Å². The Labute approximate surface area is 184 Å². The number of nitrogens with zero attached hydrogens (tertiary/aromatic N) is 2. The number of halogens is 1. The lowest BCUT2D eigenvalue weighted by Gasteiger charge is -2.24. The van der Waals surface area contributed by atoms with E-state index in [1.165, 1.54) is 6.26 Å². The van der Waals surface area contributed by atoms with Crippen molar-refractivity contribution in [3.05, 3.63) is 58.6 Å². The Morgan fingerprint density at radius 1 is 1.23 bits per heavy atom. The van der Waals surface area contributed by atoms with Crippen LogP contribution in [0.5, 0.6) is 5.75 Å². The predicted octanol–water partition coefficient (Wildman–Crippen LogP) is 4.19. The molecule has 1 fully saturated rings. The number of hydrogen-bond donors (Lipinski definition) is 0. The zero-order chi connectivity index (χ0) is 21.9. The van der Waals surface area contributed by atoms with Gasteiger partial charge in [0, 0.05) is 36.3 Å². The van der Waals surface area contributed by atoms with E-state index in [0.29, 0.717) is 45.7 Å². The van der Waals surface area contributed by atoms with Crippen LogP contribution in [-0.4, -0.2) is 45.3 Å². The van der Waals surface area contributed by atoms with Crippen LogP contribution < -0.4 is 4.74 Å². The second kappa shape index (κ2) is 9.38. The van der Waals surface area contributed by atoms with E-state index in [4.69, 9.17) is 21.6 Å². The van der Waals surface area contributed by atoms with Crippen LogP contribution in [0.15, 0.2) is 47.4 Å². The van der Waals surface area contributed by atoms with Crippen LogP contribution in [-0.2, 0) is 16.3 Å². The third kappa shape index (κ3) is 5.75. The van der Waals surface area contributed by atoms with Gasteiger partial charge in [-0.25, -0.2) is 8.42 Å². The number of likely N-dealkylation sites (tertiary alicyclic amines) is 1. The van der Waals surface area contributed by atoms with Crippen molar-refractivity contribution >= 4 is 21.4 Å². The maximum absolute atomic E-state index is 11.6. The van der Waals surface area contributed by atoms with Crippen molar-refractivity contribution in [1.29, 1.82) is 5.26 Å². The Morgan fingerprint density at radius 2 is 1.93 bits per heavy atom. The van der Waals surface area contributed by atoms with Crippen molar-refractivity contribution in [1.82, 2.24) is 4.90 Å². The van der Waals surface area contributed by atoms with Gasteiger partial charge in [-0.1, -0.05) is 18.5 Å². The monoisotopic (exact) mass is 446 g/mol. The van der Waals surface area contributed by atoms with Gasteiger partial charge in [-0.15, -0.1) is 0 Å². The summed E-state index contributed by atoms with van der Waals surface area (Å²) in [5.41, 5.74) is 1.66. The summed E-state index contributed by atoms with van der Waals surface area (Å²) in [5, 5.41) is 9.74. The molecule has 1 heterocycles. The molecule has 3 unspecified atom stereocenters. The average Bonchev–Trinajstić information content (AvgIpc) is 3.06. The standard InChI is InChI=1S/C23H27ClN2O3S/c1-16-13-26(17(2)8-18-9-19(12-25)11-21(24)10-18)14-20(16)15-29-22-4-6-23(7-5-22)30(3,27)28/h4-7,9-11,16-17,20H,8,13-15H2,1-3H3. The third-order valence-electron chi connectivity index (χ3n) is 5.75. The Hall–Kier alpha value is -2.07. The third-order valence-corrected chi connectivity index (χ3v) is 7.10. The topological polar surface area (TPSA) is 70.4 Å². The summed E-state index contributed by atoms with van der Waals surface area (Å²) in [5.74, 6) is 1.58. The molecule has 160 valence electrons. The van der Waals surface area contributed by atoms with Crippen molar-refractivity contribution in [3.8, 4) is 11.8 Å². The number of benzene rings is 2. The molecule has 1 aliphatic heterocycles. The molecule has 5 nitrogen and oxygen atoms in total. The van der Waals surface area contributed by atoms with Gasteiger partial charge in [0.1, 0.15) is 5.75 Å². The summed E-state index contributed by atoms with van der Waals surface area (Å²) in [6.07, 6.45) is 2.03. The zero-order valence-electron chi connectivity index (χ0n) is 17.5. The van der Waals surface area contributed by atoms with Crippen LogP contribution in [0.2, 0.25) is 5.02 Å². The Morgan fingerprint density at radius 3 is 2.57 bits per heavy atom. The van der Waals surface area contributed by atoms with Gasteiger partial charge in [-0.2, -0.15) is 5.26 Å². The maximum atomic E-state index is 11.6. The minimum Gasteiger partial charge on any atom is -0.493 e. The molecule has 1 saturated heterocycles. The van der Waals surface area contributed by atoms with Gasteiger partial charge in [0.05, 0.1) is 23.1 Å². The summed E-state index contributed by atoms with van der Waals surface area (Å²) in [4.78, 5) is 2.75. The summed E-state index contributed by atoms with van der Waals surface area (Å²) in [6.45, 7) is 6.97. The van der Waals surface area contributed by atoms with Gasteiger partial charge < -0.3 is 4.74 Å². The first-order valence-corrected chi connectivity index (χ1v) is 12.3. The Kier molecular flexibility index (Phi) is 7.07. The summed E-state index contributed by atoms with van der Waals surface area (Å²) >= 11 is 6.14. The highest BCUT2D eigenvalue weighted by molar-refractivity contribution is 7.90. The number of hydrogen-bond acceptors (Lipinski definition) is 5. The molecule has 7 heteroatoms. The van der Waals surface area contributed by atoms with Gasteiger partial charge in [0.2, 0.25) is 0 Å². The van der Waals surface area contributed by atoms with Gasteiger partial charge in [0.25, 0.3) is 0 Å². The highest BCUT2D eigenvalue weighted by atomic mass is 35.5. The van der Waals surface area contributed by atoms with Crippen molar-refractivity contribution in [2.24, 2.45) is 11.8 Å². The number of sulfone groups is 1. The van der Waals surface area contributed by atoms with Crippen molar-refractivity contribution in [2.45, 2.75) is 31.2 Å². The van der Waals surface area contributed by atoms with E-state index in [0.717, 1.165) is 25.1 Å². The molecule has 3 atom stereocenters. The molecule has 3 rings (SSSR count). The normalized spacial score (nSPS) is 20.6. The lowest BCUT2D eigenvalue weighted by Crippen LogP contribution is -2.33. The molecule has 30 heavy (non-hydrogen) atoms. The van der Waals surface area contributed by atoms with Crippen LogP contribution in [0.25, 0.3) is 0 Å². The van der Waals surface area contributed by atoms with Crippen molar-refractivity contribution < 1.29 is 13.2 Å². The maximum Gasteiger partial charge on any atom is 0.175 e. The fraction of sp³-hybridized carbons (Fsp3) is 0.435. The molecule has 0 spiro atoms. The quantitative estimate of drug-likeness (QED) is 0.637. The molecule has 0 amide bonds. The molecule has 0 aliphatic carbocycles. The predicted molar refractivity (Wildman–Crippen MR) is 119 cm³/mol. The lowest BCUT2D eigenvalue weighted by molar-refractivity contribution is 0.211. The molecule has 0 N–H and O–H groups in total. The molecular formula is C23H27ClN2O3S. The second-order valence-electron chi connectivity index (χ2n) is 8.26. The van der Waals surface area contributed by atoms with Crippen molar-refractivity contribution in [3.63, 3.8) is 0 Å². The van der Waals surface area contributed by atoms with Gasteiger partial charge in [0.15, 0.2) is 9.84 Å². The van der Waals surface area contributed by atoms with E-state index in [-0.39, 0.29) is 0 Å². The SMILES string of the molecule is CC1CN(C(C)Cc2cc(Cl)cc(C#N)c2)CC1COc1ccc(S(C)(=O)=O)cc1. The van der Waals surface area contributed by atoms with Crippen LogP contribution in [0.1, 0.15) is 25.0 Å². The minimum absolute atomic E-state index is 0.296. The summed E-state index contributed by atoms with van der Waals surface area (Å²) < 4.78 is 29.1. The van der Waals surface area contributed by atoms with E-state index < -0.39 is 9.84 Å².